The van der Waals surface area contributed by atoms with E-state index < -0.39 is 21.6 Å². The van der Waals surface area contributed by atoms with Crippen LogP contribution < -0.4 is 4.90 Å². The minimum atomic E-state index is -3.81. The molecule has 2 aliphatic carbocycles. The van der Waals surface area contributed by atoms with Crippen molar-refractivity contribution in [3.63, 3.8) is 0 Å². The summed E-state index contributed by atoms with van der Waals surface area (Å²) < 4.78 is 64.5. The van der Waals surface area contributed by atoms with Crippen LogP contribution in [0.25, 0.3) is 11.8 Å². The largest absolute Gasteiger partial charge is 0.380 e. The molecule has 0 N–H and O–H groups in total. The Hall–Kier alpha value is -3.15. The molecule has 0 bridgehead atoms. The summed E-state index contributed by atoms with van der Waals surface area (Å²) in [6.45, 7) is 2.61. The maximum atomic E-state index is 13.8. The average Bonchev–Trinajstić information content (AvgIpc) is 3.56. The zero-order chi connectivity index (χ0) is 28.2. The number of alkyl halides is 1. The second kappa shape index (κ2) is 10.3. The van der Waals surface area contributed by atoms with Crippen LogP contribution in [0.4, 0.5) is 14.6 Å². The minimum absolute atomic E-state index is 0.138. The Kier molecular flexibility index (Phi) is 6.71. The molecule has 11 heteroatoms. The van der Waals surface area contributed by atoms with Gasteiger partial charge in [-0.1, -0.05) is 5.57 Å². The van der Waals surface area contributed by atoms with Gasteiger partial charge in [-0.2, -0.15) is 9.40 Å². The Morgan fingerprint density at radius 2 is 1.88 bits per heavy atom. The van der Waals surface area contributed by atoms with Gasteiger partial charge < -0.3 is 9.64 Å². The van der Waals surface area contributed by atoms with Crippen molar-refractivity contribution < 1.29 is 21.9 Å². The predicted octanol–water partition coefficient (Wildman–Crippen LogP) is 4.40. The van der Waals surface area contributed by atoms with E-state index in [9.17, 15) is 17.2 Å². The van der Waals surface area contributed by atoms with Crippen LogP contribution in [0.2, 0.25) is 0 Å². The first kappa shape index (κ1) is 26.7. The van der Waals surface area contributed by atoms with E-state index in [1.807, 2.05) is 15.8 Å². The molecule has 1 aromatic carbocycles. The Bertz CT molecular complexity index is 1570. The highest BCUT2D eigenvalue weighted by Crippen LogP contribution is 2.46. The molecule has 0 amide bonds. The molecule has 2 atom stereocenters. The molecule has 216 valence electrons. The first-order valence-electron chi connectivity index (χ1n) is 14.3. The fourth-order valence-electron chi connectivity index (χ4n) is 6.31. The molecule has 2 aliphatic heterocycles. The maximum absolute atomic E-state index is 13.8. The summed E-state index contributed by atoms with van der Waals surface area (Å²) in [4.78, 5) is 6.36. The van der Waals surface area contributed by atoms with Crippen molar-refractivity contribution in [2.75, 3.05) is 44.3 Å². The molecule has 0 spiro atoms. The van der Waals surface area contributed by atoms with Crippen LogP contribution in [0.5, 0.6) is 0 Å². The lowest BCUT2D eigenvalue weighted by Gasteiger charge is -2.45. The van der Waals surface area contributed by atoms with E-state index in [4.69, 9.17) is 4.74 Å². The molecule has 8 nitrogen and oxygen atoms in total. The number of hydrogen-bond donors (Lipinski definition) is 0. The highest BCUT2D eigenvalue weighted by atomic mass is 32.2. The highest BCUT2D eigenvalue weighted by molar-refractivity contribution is 7.89. The van der Waals surface area contributed by atoms with Gasteiger partial charge in [0.1, 0.15) is 22.7 Å². The van der Waals surface area contributed by atoms with E-state index in [1.54, 1.807) is 28.6 Å². The predicted molar refractivity (Wildman–Crippen MR) is 151 cm³/mol. The van der Waals surface area contributed by atoms with Crippen molar-refractivity contribution in [1.82, 2.24) is 19.1 Å². The van der Waals surface area contributed by atoms with Gasteiger partial charge in [-0.05, 0) is 86.1 Å². The molecule has 7 rings (SSSR count). The number of ether oxygens (including phenoxy) is 1. The lowest BCUT2D eigenvalue weighted by atomic mass is 9.69. The van der Waals surface area contributed by atoms with Crippen LogP contribution in [0, 0.1) is 17.2 Å². The van der Waals surface area contributed by atoms with Crippen LogP contribution in [-0.4, -0.2) is 73.1 Å². The standard InChI is InChI=1S/C30H33F2N5O3S/c31-24-3-5-26(6-4-24)37-28-13-23-9-12-36(19-30(23,14-22(28)15-34-37)20-40-18-21-1-2-21)41(38,39)27-7-8-29(33-16-27)35-11-10-25(32)17-35/h3-8,13,15-16,21,25H,1-2,9-12,14,17-20H2/t25-,30-/m1/s1. The number of anilines is 1. The maximum Gasteiger partial charge on any atom is 0.244 e. The van der Waals surface area contributed by atoms with Crippen molar-refractivity contribution in [2.45, 2.75) is 43.2 Å². The van der Waals surface area contributed by atoms with Crippen molar-refractivity contribution in [1.29, 1.82) is 0 Å². The number of pyridine rings is 1. The second-order valence-electron chi connectivity index (χ2n) is 11.8. The summed E-state index contributed by atoms with van der Waals surface area (Å²) in [5, 5.41) is 4.61. The molecule has 3 aromatic rings. The number of aromatic nitrogens is 3. The average molecular weight is 582 g/mol. The molecular formula is C30H33F2N5O3S. The van der Waals surface area contributed by atoms with Gasteiger partial charge in [0, 0.05) is 37.9 Å². The Morgan fingerprint density at radius 3 is 2.59 bits per heavy atom. The molecular weight excluding hydrogens is 548 g/mol. The van der Waals surface area contributed by atoms with E-state index in [1.165, 1.54) is 31.2 Å². The third-order valence-corrected chi connectivity index (χ3v) is 10.7. The zero-order valence-electron chi connectivity index (χ0n) is 22.8. The minimum Gasteiger partial charge on any atom is -0.380 e. The summed E-state index contributed by atoms with van der Waals surface area (Å²) in [5.41, 5.74) is 3.37. The van der Waals surface area contributed by atoms with Crippen LogP contribution in [0.3, 0.4) is 0 Å². The highest BCUT2D eigenvalue weighted by Gasteiger charge is 2.46. The number of fused-ring (bicyclic) bond motifs is 2. The summed E-state index contributed by atoms with van der Waals surface area (Å²) in [6.07, 6.45) is 8.45. The third-order valence-electron chi connectivity index (χ3n) is 8.83. The summed E-state index contributed by atoms with van der Waals surface area (Å²) >= 11 is 0. The van der Waals surface area contributed by atoms with Gasteiger partial charge in [0.2, 0.25) is 10.0 Å². The fourth-order valence-corrected chi connectivity index (χ4v) is 7.78. The quantitative estimate of drug-likeness (QED) is 0.392. The fraction of sp³-hybridized carbons (Fsp3) is 0.467. The Morgan fingerprint density at radius 1 is 1.05 bits per heavy atom. The summed E-state index contributed by atoms with van der Waals surface area (Å²) in [6, 6.07) is 9.50. The van der Waals surface area contributed by atoms with Crippen LogP contribution >= 0.6 is 0 Å². The van der Waals surface area contributed by atoms with E-state index >= 15 is 0 Å². The molecule has 3 fully saturated rings. The van der Waals surface area contributed by atoms with Crippen molar-refractivity contribution in [3.05, 3.63) is 71.4 Å². The number of piperidine rings is 1. The monoisotopic (exact) mass is 581 g/mol. The van der Waals surface area contributed by atoms with Gasteiger partial charge in [0.25, 0.3) is 0 Å². The molecule has 4 heterocycles. The van der Waals surface area contributed by atoms with Gasteiger partial charge in [-0.3, -0.25) is 0 Å². The smallest absolute Gasteiger partial charge is 0.244 e. The topological polar surface area (TPSA) is 80.6 Å². The molecule has 1 saturated carbocycles. The lowest BCUT2D eigenvalue weighted by molar-refractivity contribution is 0.0358. The van der Waals surface area contributed by atoms with Crippen LogP contribution in [-0.2, 0) is 21.2 Å². The third kappa shape index (κ3) is 5.08. The van der Waals surface area contributed by atoms with Gasteiger partial charge in [-0.25, -0.2) is 26.9 Å². The Labute approximate surface area is 238 Å². The van der Waals surface area contributed by atoms with E-state index in [0.29, 0.717) is 63.8 Å². The molecule has 2 aromatic heterocycles. The molecule has 2 saturated heterocycles. The van der Waals surface area contributed by atoms with Crippen molar-refractivity contribution in [3.8, 4) is 5.69 Å². The number of halogens is 2. The normalized spacial score (nSPS) is 24.7. The number of nitrogens with zero attached hydrogens (tertiary/aromatic N) is 5. The first-order valence-corrected chi connectivity index (χ1v) is 15.7. The summed E-state index contributed by atoms with van der Waals surface area (Å²) in [7, 11) is -3.81. The SMILES string of the molecule is O=S(=O)(c1ccc(N2CC[C@@H](F)C2)nc1)N1CCC2=Cc3c(cnn3-c3ccc(F)cc3)C[C@]2(COCC2CC2)C1. The number of hydrogen-bond acceptors (Lipinski definition) is 6. The molecule has 41 heavy (non-hydrogen) atoms. The lowest BCUT2D eigenvalue weighted by Crippen LogP contribution is -2.51. The van der Waals surface area contributed by atoms with Crippen LogP contribution in [0.1, 0.15) is 36.9 Å². The second-order valence-corrected chi connectivity index (χ2v) is 13.7. The first-order chi connectivity index (χ1) is 19.8. The van der Waals surface area contributed by atoms with Gasteiger partial charge in [0.15, 0.2) is 0 Å². The zero-order valence-corrected chi connectivity index (χ0v) is 23.6. The Balaban J connectivity index is 1.17. The van der Waals surface area contributed by atoms with E-state index in [-0.39, 0.29) is 17.3 Å². The molecule has 0 unspecified atom stereocenters. The van der Waals surface area contributed by atoms with Crippen molar-refractivity contribution >= 4 is 21.9 Å². The van der Waals surface area contributed by atoms with E-state index in [0.717, 1.165) is 22.5 Å². The van der Waals surface area contributed by atoms with Crippen LogP contribution in [0.15, 0.2) is 59.3 Å². The van der Waals surface area contributed by atoms with Gasteiger partial charge in [0.05, 0.1) is 30.7 Å². The summed E-state index contributed by atoms with van der Waals surface area (Å²) in [5.74, 6) is 0.884. The molecule has 0 radical (unpaired) electrons. The number of sulfonamides is 1. The van der Waals surface area contributed by atoms with Gasteiger partial charge >= 0.3 is 0 Å². The van der Waals surface area contributed by atoms with Crippen molar-refractivity contribution in [2.24, 2.45) is 11.3 Å². The number of rotatable bonds is 8. The van der Waals surface area contributed by atoms with Gasteiger partial charge in [-0.15, -0.1) is 0 Å². The molecule has 4 aliphatic rings. The number of benzene rings is 1. The van der Waals surface area contributed by atoms with E-state index in [2.05, 4.69) is 16.2 Å².